The van der Waals surface area contributed by atoms with E-state index in [1.807, 2.05) is 0 Å². The van der Waals surface area contributed by atoms with Crippen molar-refractivity contribution < 1.29 is 9.47 Å². The smallest absolute Gasteiger partial charge is 0.0634 e. The molecule has 1 aliphatic heterocycles. The van der Waals surface area contributed by atoms with E-state index in [1.165, 1.54) is 6.42 Å². The first kappa shape index (κ1) is 13.2. The molecule has 0 aliphatic carbocycles. The van der Waals surface area contributed by atoms with Gasteiger partial charge in [0.05, 0.1) is 19.8 Å². The summed E-state index contributed by atoms with van der Waals surface area (Å²) in [6, 6.07) is 0.371. The standard InChI is InChI=1S/C11H22ClNO2/c1-2-3-6-14-7-4-13-5-8-15-10-11(13)9-12/h11H,2-10H2,1H3. The van der Waals surface area contributed by atoms with Crippen molar-refractivity contribution in [3.8, 4) is 0 Å². The van der Waals surface area contributed by atoms with Crippen LogP contribution in [0.4, 0.5) is 0 Å². The number of rotatable bonds is 7. The molecule has 1 fully saturated rings. The molecule has 0 spiro atoms. The van der Waals surface area contributed by atoms with Crippen molar-refractivity contribution in [2.75, 3.05) is 45.4 Å². The van der Waals surface area contributed by atoms with Gasteiger partial charge in [0, 0.05) is 31.6 Å². The van der Waals surface area contributed by atoms with Gasteiger partial charge in [-0.25, -0.2) is 0 Å². The minimum absolute atomic E-state index is 0.371. The fourth-order valence-electron chi connectivity index (χ4n) is 1.66. The molecule has 1 aliphatic rings. The number of ether oxygens (including phenoxy) is 2. The van der Waals surface area contributed by atoms with E-state index in [0.717, 1.165) is 45.9 Å². The van der Waals surface area contributed by atoms with E-state index < -0.39 is 0 Å². The number of hydrogen-bond donors (Lipinski definition) is 0. The predicted octanol–water partition coefficient (Wildman–Crippen LogP) is 1.74. The molecule has 0 amide bonds. The lowest BCUT2D eigenvalue weighted by molar-refractivity contribution is -0.0127. The molecule has 1 saturated heterocycles. The fraction of sp³-hybridized carbons (Fsp3) is 1.00. The van der Waals surface area contributed by atoms with Crippen LogP contribution in [0, 0.1) is 0 Å². The average Bonchev–Trinajstić information content (AvgIpc) is 2.29. The van der Waals surface area contributed by atoms with Crippen LogP contribution in [0.2, 0.25) is 0 Å². The third-order valence-corrected chi connectivity index (χ3v) is 3.05. The molecule has 90 valence electrons. The molecule has 0 aromatic heterocycles. The van der Waals surface area contributed by atoms with Crippen molar-refractivity contribution in [2.24, 2.45) is 0 Å². The molecule has 0 radical (unpaired) electrons. The zero-order valence-electron chi connectivity index (χ0n) is 9.58. The lowest BCUT2D eigenvalue weighted by Crippen LogP contribution is -2.47. The van der Waals surface area contributed by atoms with Crippen molar-refractivity contribution in [2.45, 2.75) is 25.8 Å². The maximum atomic E-state index is 5.88. The van der Waals surface area contributed by atoms with Crippen molar-refractivity contribution in [1.29, 1.82) is 0 Å². The molecule has 0 bridgehead atoms. The Hall–Kier alpha value is 0.170. The summed E-state index contributed by atoms with van der Waals surface area (Å²) in [6.45, 7) is 7.41. The van der Waals surface area contributed by atoms with Gasteiger partial charge < -0.3 is 9.47 Å². The van der Waals surface area contributed by atoms with Crippen LogP contribution < -0.4 is 0 Å². The average molecular weight is 236 g/mol. The van der Waals surface area contributed by atoms with Gasteiger partial charge in [-0.2, -0.15) is 0 Å². The van der Waals surface area contributed by atoms with Crippen LogP contribution in [0.1, 0.15) is 19.8 Å². The molecular weight excluding hydrogens is 214 g/mol. The highest BCUT2D eigenvalue weighted by Crippen LogP contribution is 2.07. The van der Waals surface area contributed by atoms with Crippen LogP contribution in [0.15, 0.2) is 0 Å². The topological polar surface area (TPSA) is 21.7 Å². The van der Waals surface area contributed by atoms with Crippen LogP contribution in [0.5, 0.6) is 0 Å². The minimum atomic E-state index is 0.371. The highest BCUT2D eigenvalue weighted by atomic mass is 35.5. The molecule has 0 saturated carbocycles. The first-order chi connectivity index (χ1) is 7.38. The maximum Gasteiger partial charge on any atom is 0.0634 e. The van der Waals surface area contributed by atoms with Crippen molar-refractivity contribution in [1.82, 2.24) is 4.90 Å². The Bertz CT molecular complexity index is 158. The van der Waals surface area contributed by atoms with Crippen LogP contribution in [0.25, 0.3) is 0 Å². The SMILES string of the molecule is CCCCOCCN1CCOCC1CCl. The Morgan fingerprint density at radius 2 is 2.33 bits per heavy atom. The molecular formula is C11H22ClNO2. The summed E-state index contributed by atoms with van der Waals surface area (Å²) in [4.78, 5) is 2.36. The Labute approximate surface area is 97.7 Å². The Kier molecular flexibility index (Phi) is 7.36. The first-order valence-corrected chi connectivity index (χ1v) is 6.37. The Morgan fingerprint density at radius 1 is 1.47 bits per heavy atom. The molecule has 0 N–H and O–H groups in total. The monoisotopic (exact) mass is 235 g/mol. The van der Waals surface area contributed by atoms with E-state index in [4.69, 9.17) is 21.1 Å². The molecule has 0 aromatic rings. The maximum absolute atomic E-state index is 5.88. The predicted molar refractivity (Wildman–Crippen MR) is 62.6 cm³/mol. The van der Waals surface area contributed by atoms with Gasteiger partial charge >= 0.3 is 0 Å². The van der Waals surface area contributed by atoms with Gasteiger partial charge in [0.25, 0.3) is 0 Å². The molecule has 1 heterocycles. The molecule has 15 heavy (non-hydrogen) atoms. The summed E-state index contributed by atoms with van der Waals surface area (Å²) in [5, 5.41) is 0. The van der Waals surface area contributed by atoms with Crippen LogP contribution in [-0.4, -0.2) is 56.3 Å². The Balaban J connectivity index is 2.07. The van der Waals surface area contributed by atoms with Crippen molar-refractivity contribution in [3.63, 3.8) is 0 Å². The summed E-state index contributed by atoms with van der Waals surface area (Å²) in [5.74, 6) is 0.648. The van der Waals surface area contributed by atoms with Gasteiger partial charge in [0.2, 0.25) is 0 Å². The summed E-state index contributed by atoms with van der Waals surface area (Å²) in [5.41, 5.74) is 0. The van der Waals surface area contributed by atoms with Gasteiger partial charge in [-0.15, -0.1) is 11.6 Å². The molecule has 1 rings (SSSR count). The van der Waals surface area contributed by atoms with E-state index >= 15 is 0 Å². The van der Waals surface area contributed by atoms with Crippen LogP contribution >= 0.6 is 11.6 Å². The summed E-state index contributed by atoms with van der Waals surface area (Å²) < 4.78 is 10.9. The van der Waals surface area contributed by atoms with Crippen LogP contribution in [0.3, 0.4) is 0 Å². The molecule has 0 aromatic carbocycles. The van der Waals surface area contributed by atoms with E-state index in [-0.39, 0.29) is 0 Å². The first-order valence-electron chi connectivity index (χ1n) is 5.84. The number of hydrogen-bond acceptors (Lipinski definition) is 3. The van der Waals surface area contributed by atoms with Gasteiger partial charge in [0.1, 0.15) is 0 Å². The molecule has 3 nitrogen and oxygen atoms in total. The van der Waals surface area contributed by atoms with Crippen molar-refractivity contribution in [3.05, 3.63) is 0 Å². The van der Waals surface area contributed by atoms with E-state index in [2.05, 4.69) is 11.8 Å². The summed E-state index contributed by atoms with van der Waals surface area (Å²) >= 11 is 5.88. The molecule has 4 heteroatoms. The third-order valence-electron chi connectivity index (χ3n) is 2.69. The van der Waals surface area contributed by atoms with Gasteiger partial charge in [-0.05, 0) is 6.42 Å². The number of halogens is 1. The molecule has 1 unspecified atom stereocenters. The highest BCUT2D eigenvalue weighted by molar-refractivity contribution is 6.18. The van der Waals surface area contributed by atoms with Gasteiger partial charge in [0.15, 0.2) is 0 Å². The largest absolute Gasteiger partial charge is 0.380 e. The van der Waals surface area contributed by atoms with Gasteiger partial charge in [-0.3, -0.25) is 4.90 Å². The molecule has 1 atom stereocenters. The summed E-state index contributed by atoms with van der Waals surface area (Å²) in [7, 11) is 0. The van der Waals surface area contributed by atoms with Gasteiger partial charge in [-0.1, -0.05) is 13.3 Å². The number of morpholine rings is 1. The number of alkyl halides is 1. The van der Waals surface area contributed by atoms with E-state index in [9.17, 15) is 0 Å². The summed E-state index contributed by atoms with van der Waals surface area (Å²) in [6.07, 6.45) is 2.35. The second kappa shape index (κ2) is 8.34. The second-order valence-corrected chi connectivity index (χ2v) is 4.19. The number of nitrogens with zero attached hydrogens (tertiary/aromatic N) is 1. The Morgan fingerprint density at radius 3 is 3.07 bits per heavy atom. The lowest BCUT2D eigenvalue weighted by Gasteiger charge is -2.34. The zero-order valence-corrected chi connectivity index (χ0v) is 10.3. The van der Waals surface area contributed by atoms with Crippen LogP contribution in [-0.2, 0) is 9.47 Å². The van der Waals surface area contributed by atoms with E-state index in [1.54, 1.807) is 0 Å². The quantitative estimate of drug-likeness (QED) is 0.496. The number of unbranched alkanes of at least 4 members (excludes halogenated alkanes) is 1. The zero-order chi connectivity index (χ0) is 10.9. The van der Waals surface area contributed by atoms with E-state index in [0.29, 0.717) is 11.9 Å². The highest BCUT2D eigenvalue weighted by Gasteiger charge is 2.21. The minimum Gasteiger partial charge on any atom is -0.380 e. The third kappa shape index (κ3) is 5.16. The lowest BCUT2D eigenvalue weighted by atomic mass is 10.2. The normalized spacial score (nSPS) is 23.2. The second-order valence-electron chi connectivity index (χ2n) is 3.88. The van der Waals surface area contributed by atoms with Crippen molar-refractivity contribution >= 4 is 11.6 Å². The fourth-order valence-corrected chi connectivity index (χ4v) is 1.94.